The summed E-state index contributed by atoms with van der Waals surface area (Å²) in [5, 5.41) is 0. The average Bonchev–Trinajstić information content (AvgIpc) is 2.41. The predicted molar refractivity (Wildman–Crippen MR) is 84.6 cm³/mol. The van der Waals surface area contributed by atoms with Gasteiger partial charge in [-0.25, -0.2) is 0 Å². The minimum atomic E-state index is -0.383. The van der Waals surface area contributed by atoms with Crippen LogP contribution in [-0.4, -0.2) is 44.2 Å². The lowest BCUT2D eigenvalue weighted by Gasteiger charge is -2.37. The van der Waals surface area contributed by atoms with Gasteiger partial charge in [0.15, 0.2) is 0 Å². The van der Waals surface area contributed by atoms with Gasteiger partial charge in [0.05, 0.1) is 12.0 Å². The molecule has 0 aromatic carbocycles. The topological polar surface area (TPSA) is 55.6 Å². The van der Waals surface area contributed by atoms with Gasteiger partial charge in [-0.15, -0.1) is 0 Å². The minimum Gasteiger partial charge on any atom is -0.383 e. The molecule has 0 aliphatic rings. The zero-order valence-electron chi connectivity index (χ0n) is 14.1. The highest BCUT2D eigenvalue weighted by Gasteiger charge is 2.38. The highest BCUT2D eigenvalue weighted by atomic mass is 16.5. The van der Waals surface area contributed by atoms with Crippen molar-refractivity contribution in [2.45, 2.75) is 53.4 Å². The molecule has 4 heteroatoms. The molecule has 120 valence electrons. The second-order valence-corrected chi connectivity index (χ2v) is 6.12. The van der Waals surface area contributed by atoms with Crippen molar-refractivity contribution in [2.24, 2.45) is 17.1 Å². The van der Waals surface area contributed by atoms with Crippen LogP contribution in [0, 0.1) is 11.3 Å². The molecule has 1 amide bonds. The van der Waals surface area contributed by atoms with E-state index in [0.717, 1.165) is 32.2 Å². The lowest BCUT2D eigenvalue weighted by Crippen LogP contribution is -2.50. The Hall–Kier alpha value is -0.610. The molecule has 0 heterocycles. The van der Waals surface area contributed by atoms with Crippen LogP contribution in [0.1, 0.15) is 53.4 Å². The Morgan fingerprint density at radius 1 is 1.25 bits per heavy atom. The Morgan fingerprint density at radius 3 is 2.15 bits per heavy atom. The maximum Gasteiger partial charge on any atom is 0.230 e. The monoisotopic (exact) mass is 286 g/mol. The molecule has 0 unspecified atom stereocenters. The molecule has 0 aromatic heterocycles. The Labute approximate surface area is 125 Å². The zero-order valence-corrected chi connectivity index (χ0v) is 14.1. The number of methoxy groups -OCH3 is 1. The third-order valence-electron chi connectivity index (χ3n) is 3.74. The lowest BCUT2D eigenvalue weighted by atomic mass is 9.77. The Balaban J connectivity index is 5.10. The lowest BCUT2D eigenvalue weighted by molar-refractivity contribution is -0.144. The van der Waals surface area contributed by atoms with E-state index in [1.165, 1.54) is 0 Å². The van der Waals surface area contributed by atoms with E-state index in [1.807, 2.05) is 4.90 Å². The first-order valence-corrected chi connectivity index (χ1v) is 7.95. The van der Waals surface area contributed by atoms with Gasteiger partial charge in [0.1, 0.15) is 0 Å². The molecule has 0 aliphatic carbocycles. The normalized spacial score (nSPS) is 11.9. The van der Waals surface area contributed by atoms with Crippen molar-refractivity contribution in [2.75, 3.05) is 33.4 Å². The summed E-state index contributed by atoms with van der Waals surface area (Å²) in [4.78, 5) is 15.0. The summed E-state index contributed by atoms with van der Waals surface area (Å²) in [6, 6.07) is 0. The van der Waals surface area contributed by atoms with Crippen molar-refractivity contribution in [1.82, 2.24) is 4.90 Å². The smallest absolute Gasteiger partial charge is 0.230 e. The van der Waals surface area contributed by atoms with Crippen LogP contribution in [0.25, 0.3) is 0 Å². The van der Waals surface area contributed by atoms with Crippen LogP contribution in [0.3, 0.4) is 0 Å². The zero-order chi connectivity index (χ0) is 15.6. The molecule has 0 rings (SSSR count). The number of carbonyl (C=O) groups is 1. The highest BCUT2D eigenvalue weighted by molar-refractivity contribution is 5.83. The standard InChI is InChI=1S/C16H34N2O2/c1-6-8-16(13-17,9-7-2)15(19)18(10-11-20-5)12-14(3)4/h14H,6-13,17H2,1-5H3. The fraction of sp³-hybridized carbons (Fsp3) is 0.938. The molecule has 0 spiro atoms. The number of carbonyl (C=O) groups excluding carboxylic acids is 1. The molecule has 0 aliphatic heterocycles. The first-order valence-electron chi connectivity index (χ1n) is 7.95. The molecule has 0 aromatic rings. The van der Waals surface area contributed by atoms with Gasteiger partial charge in [-0.2, -0.15) is 0 Å². The fourth-order valence-corrected chi connectivity index (χ4v) is 2.84. The van der Waals surface area contributed by atoms with E-state index < -0.39 is 0 Å². The van der Waals surface area contributed by atoms with Gasteiger partial charge in [0.2, 0.25) is 5.91 Å². The molecule has 2 N–H and O–H groups in total. The molecule has 0 saturated carbocycles. The minimum absolute atomic E-state index is 0.217. The SMILES string of the molecule is CCCC(CN)(CCC)C(=O)N(CCOC)CC(C)C. The molecule has 0 radical (unpaired) electrons. The van der Waals surface area contributed by atoms with E-state index in [4.69, 9.17) is 10.5 Å². The molecular weight excluding hydrogens is 252 g/mol. The number of rotatable bonds is 11. The summed E-state index contributed by atoms with van der Waals surface area (Å²) in [6.07, 6.45) is 3.72. The van der Waals surface area contributed by atoms with Gasteiger partial charge in [-0.3, -0.25) is 4.79 Å². The van der Waals surface area contributed by atoms with Crippen LogP contribution in [0.15, 0.2) is 0 Å². The summed E-state index contributed by atoms with van der Waals surface area (Å²) in [7, 11) is 1.67. The number of nitrogens with zero attached hydrogens (tertiary/aromatic N) is 1. The number of hydrogen-bond donors (Lipinski definition) is 1. The van der Waals surface area contributed by atoms with Crippen LogP contribution in [0.5, 0.6) is 0 Å². The quantitative estimate of drug-likeness (QED) is 0.635. The van der Waals surface area contributed by atoms with Gasteiger partial charge in [-0.1, -0.05) is 40.5 Å². The molecule has 0 atom stereocenters. The van der Waals surface area contributed by atoms with Gasteiger partial charge >= 0.3 is 0 Å². The first kappa shape index (κ1) is 19.4. The van der Waals surface area contributed by atoms with E-state index in [1.54, 1.807) is 7.11 Å². The Morgan fingerprint density at radius 2 is 1.80 bits per heavy atom. The van der Waals surface area contributed by atoms with E-state index in [0.29, 0.717) is 25.6 Å². The molecule has 4 nitrogen and oxygen atoms in total. The van der Waals surface area contributed by atoms with Gasteiger partial charge in [0, 0.05) is 26.7 Å². The van der Waals surface area contributed by atoms with Crippen molar-refractivity contribution in [1.29, 1.82) is 0 Å². The number of amides is 1. The van der Waals surface area contributed by atoms with Gasteiger partial charge in [-0.05, 0) is 18.8 Å². The fourth-order valence-electron chi connectivity index (χ4n) is 2.84. The number of hydrogen-bond acceptors (Lipinski definition) is 3. The first-order chi connectivity index (χ1) is 9.47. The van der Waals surface area contributed by atoms with Crippen molar-refractivity contribution in [3.05, 3.63) is 0 Å². The van der Waals surface area contributed by atoms with E-state index in [9.17, 15) is 4.79 Å². The van der Waals surface area contributed by atoms with Gasteiger partial charge < -0.3 is 15.4 Å². The third kappa shape index (κ3) is 5.80. The second kappa shape index (κ2) is 10.2. The van der Waals surface area contributed by atoms with Crippen molar-refractivity contribution < 1.29 is 9.53 Å². The summed E-state index contributed by atoms with van der Waals surface area (Å²) in [5.41, 5.74) is 5.62. The molecule has 0 bridgehead atoms. The van der Waals surface area contributed by atoms with Crippen LogP contribution in [-0.2, 0) is 9.53 Å². The highest BCUT2D eigenvalue weighted by Crippen LogP contribution is 2.31. The molecule has 0 fully saturated rings. The van der Waals surface area contributed by atoms with E-state index >= 15 is 0 Å². The van der Waals surface area contributed by atoms with E-state index in [-0.39, 0.29) is 11.3 Å². The number of nitrogens with two attached hydrogens (primary N) is 1. The maximum absolute atomic E-state index is 13.0. The molecule has 20 heavy (non-hydrogen) atoms. The maximum atomic E-state index is 13.0. The predicted octanol–water partition coefficient (Wildman–Crippen LogP) is 2.66. The van der Waals surface area contributed by atoms with Crippen LogP contribution in [0.4, 0.5) is 0 Å². The Bertz CT molecular complexity index is 261. The van der Waals surface area contributed by atoms with Crippen molar-refractivity contribution in [3.8, 4) is 0 Å². The van der Waals surface area contributed by atoms with Crippen LogP contribution < -0.4 is 5.73 Å². The average molecular weight is 286 g/mol. The van der Waals surface area contributed by atoms with Crippen molar-refractivity contribution in [3.63, 3.8) is 0 Å². The van der Waals surface area contributed by atoms with Crippen molar-refractivity contribution >= 4 is 5.91 Å². The second-order valence-electron chi connectivity index (χ2n) is 6.12. The summed E-state index contributed by atoms with van der Waals surface area (Å²) < 4.78 is 5.15. The summed E-state index contributed by atoms with van der Waals surface area (Å²) >= 11 is 0. The van der Waals surface area contributed by atoms with Crippen LogP contribution in [0.2, 0.25) is 0 Å². The van der Waals surface area contributed by atoms with Gasteiger partial charge in [0.25, 0.3) is 0 Å². The molecule has 0 saturated heterocycles. The molecular formula is C16H34N2O2. The van der Waals surface area contributed by atoms with E-state index in [2.05, 4.69) is 27.7 Å². The summed E-state index contributed by atoms with van der Waals surface area (Å²) in [5.74, 6) is 0.670. The number of ether oxygens (including phenoxy) is 1. The summed E-state index contributed by atoms with van der Waals surface area (Å²) in [6.45, 7) is 11.0. The largest absolute Gasteiger partial charge is 0.383 e. The Kier molecular flexibility index (Phi) is 9.86. The third-order valence-corrected chi connectivity index (χ3v) is 3.74. The van der Waals surface area contributed by atoms with Crippen LogP contribution >= 0.6 is 0 Å².